The molecule has 94 valence electrons. The van der Waals surface area contributed by atoms with Gasteiger partial charge in [0.25, 0.3) is 5.91 Å². The maximum atomic E-state index is 13.7. The van der Waals surface area contributed by atoms with Crippen molar-refractivity contribution in [3.05, 3.63) is 34.6 Å². The first-order chi connectivity index (χ1) is 8.11. The molecule has 0 radical (unpaired) electrons. The quantitative estimate of drug-likeness (QED) is 0.754. The zero-order valence-corrected chi connectivity index (χ0v) is 11.1. The first-order valence-corrected chi connectivity index (χ1v) is 6.32. The van der Waals surface area contributed by atoms with E-state index in [-0.39, 0.29) is 16.5 Å². The highest BCUT2D eigenvalue weighted by atomic mass is 35.5. The Kier molecular flexibility index (Phi) is 5.72. The summed E-state index contributed by atoms with van der Waals surface area (Å²) < 4.78 is 13.7. The second-order valence-corrected chi connectivity index (χ2v) is 4.31. The van der Waals surface area contributed by atoms with Crippen LogP contribution in [0.2, 0.25) is 5.02 Å². The Hall–Kier alpha value is -0.800. The van der Waals surface area contributed by atoms with Gasteiger partial charge in [-0.05, 0) is 25.5 Å². The Bertz CT molecular complexity index is 398. The van der Waals surface area contributed by atoms with Crippen molar-refractivity contribution in [1.82, 2.24) is 4.90 Å². The zero-order chi connectivity index (χ0) is 12.8. The number of hydrogen-bond acceptors (Lipinski definition) is 1. The van der Waals surface area contributed by atoms with Gasteiger partial charge in [0.1, 0.15) is 0 Å². The number of nitrogens with zero attached hydrogens (tertiary/aromatic N) is 1. The third-order valence-corrected chi connectivity index (χ3v) is 2.97. The lowest BCUT2D eigenvalue weighted by Crippen LogP contribution is -2.32. The van der Waals surface area contributed by atoms with Crippen molar-refractivity contribution in [1.29, 1.82) is 0 Å². The summed E-state index contributed by atoms with van der Waals surface area (Å²) in [5, 5.41) is -0.0377. The summed E-state index contributed by atoms with van der Waals surface area (Å²) in [6.45, 7) is 2.88. The van der Waals surface area contributed by atoms with Crippen molar-refractivity contribution >= 4 is 29.1 Å². The molecule has 5 heteroatoms. The van der Waals surface area contributed by atoms with Crippen molar-refractivity contribution < 1.29 is 9.18 Å². The van der Waals surface area contributed by atoms with E-state index in [9.17, 15) is 9.18 Å². The first kappa shape index (κ1) is 14.3. The molecule has 1 aromatic rings. The molecular formula is C12H14Cl2FNO. The molecule has 0 N–H and O–H groups in total. The van der Waals surface area contributed by atoms with Crippen molar-refractivity contribution in [2.45, 2.75) is 13.3 Å². The normalized spacial score (nSPS) is 10.4. The van der Waals surface area contributed by atoms with E-state index in [1.807, 2.05) is 6.92 Å². The number of alkyl halides is 1. The molecule has 1 aromatic carbocycles. The number of carbonyl (C=O) groups is 1. The minimum Gasteiger partial charge on any atom is -0.339 e. The predicted molar refractivity (Wildman–Crippen MR) is 68.3 cm³/mol. The van der Waals surface area contributed by atoms with Crippen LogP contribution < -0.4 is 0 Å². The molecule has 1 rings (SSSR count). The summed E-state index contributed by atoms with van der Waals surface area (Å²) in [5.41, 5.74) is 0.00826. The molecule has 1 amide bonds. The highest BCUT2D eigenvalue weighted by Gasteiger charge is 2.18. The monoisotopic (exact) mass is 277 g/mol. The predicted octanol–water partition coefficient (Wildman–Crippen LogP) is 3.57. The summed E-state index contributed by atoms with van der Waals surface area (Å²) in [5.74, 6) is -0.539. The van der Waals surface area contributed by atoms with Gasteiger partial charge in [-0.3, -0.25) is 4.79 Å². The molecule has 0 unspecified atom stereocenters. The Labute approximate surface area is 110 Å². The summed E-state index contributed by atoms with van der Waals surface area (Å²) in [7, 11) is 0. The lowest BCUT2D eigenvalue weighted by atomic mass is 10.2. The van der Waals surface area contributed by atoms with Crippen molar-refractivity contribution in [2.24, 2.45) is 0 Å². The van der Waals surface area contributed by atoms with Crippen LogP contribution in [-0.4, -0.2) is 29.8 Å². The SMILES string of the molecule is CCN(CCCCl)C(=O)c1cccc(Cl)c1F. The molecule has 0 heterocycles. The van der Waals surface area contributed by atoms with Gasteiger partial charge in [0, 0.05) is 19.0 Å². The van der Waals surface area contributed by atoms with Crippen LogP contribution in [-0.2, 0) is 0 Å². The van der Waals surface area contributed by atoms with Crippen LogP contribution >= 0.6 is 23.2 Å². The average Bonchev–Trinajstić information content (AvgIpc) is 2.33. The van der Waals surface area contributed by atoms with Gasteiger partial charge in [-0.1, -0.05) is 17.7 Å². The molecule has 0 aliphatic rings. The van der Waals surface area contributed by atoms with Gasteiger partial charge in [-0.2, -0.15) is 0 Å². The Balaban J connectivity index is 2.90. The highest BCUT2D eigenvalue weighted by molar-refractivity contribution is 6.31. The largest absolute Gasteiger partial charge is 0.339 e. The topological polar surface area (TPSA) is 20.3 Å². The van der Waals surface area contributed by atoms with Crippen LogP contribution in [0.4, 0.5) is 4.39 Å². The lowest BCUT2D eigenvalue weighted by Gasteiger charge is -2.20. The van der Waals surface area contributed by atoms with Crippen LogP contribution in [0.25, 0.3) is 0 Å². The van der Waals surface area contributed by atoms with Gasteiger partial charge in [-0.25, -0.2) is 4.39 Å². The van der Waals surface area contributed by atoms with E-state index in [0.29, 0.717) is 25.4 Å². The van der Waals surface area contributed by atoms with E-state index in [1.165, 1.54) is 12.1 Å². The fourth-order valence-electron chi connectivity index (χ4n) is 1.49. The third-order valence-electron chi connectivity index (χ3n) is 2.41. The molecule has 0 bridgehead atoms. The average molecular weight is 278 g/mol. The van der Waals surface area contributed by atoms with Crippen molar-refractivity contribution in [3.63, 3.8) is 0 Å². The molecule has 0 saturated carbocycles. The zero-order valence-electron chi connectivity index (χ0n) is 9.55. The van der Waals surface area contributed by atoms with Crippen LogP contribution in [0.1, 0.15) is 23.7 Å². The number of halogens is 3. The Morgan fingerprint density at radius 2 is 2.18 bits per heavy atom. The summed E-state index contributed by atoms with van der Waals surface area (Å²) in [6, 6.07) is 4.42. The standard InChI is InChI=1S/C12H14Cl2FNO/c1-2-16(8-4-7-13)12(17)9-5-3-6-10(14)11(9)15/h3,5-6H,2,4,7-8H2,1H3. The van der Waals surface area contributed by atoms with E-state index in [0.717, 1.165) is 0 Å². The molecule has 0 saturated heterocycles. The van der Waals surface area contributed by atoms with Crippen LogP contribution in [0.5, 0.6) is 0 Å². The molecule has 0 aliphatic carbocycles. The highest BCUT2D eigenvalue weighted by Crippen LogP contribution is 2.19. The molecule has 0 atom stereocenters. The minimum absolute atomic E-state index is 0.00826. The number of benzene rings is 1. The molecule has 0 spiro atoms. The molecule has 17 heavy (non-hydrogen) atoms. The third kappa shape index (κ3) is 3.58. The Morgan fingerprint density at radius 3 is 2.76 bits per heavy atom. The first-order valence-electron chi connectivity index (χ1n) is 5.41. The van der Waals surface area contributed by atoms with E-state index in [1.54, 1.807) is 11.0 Å². The lowest BCUT2D eigenvalue weighted by molar-refractivity contribution is 0.0760. The van der Waals surface area contributed by atoms with E-state index >= 15 is 0 Å². The maximum absolute atomic E-state index is 13.7. The van der Waals surface area contributed by atoms with Crippen LogP contribution in [0.3, 0.4) is 0 Å². The fourth-order valence-corrected chi connectivity index (χ4v) is 1.79. The van der Waals surface area contributed by atoms with Gasteiger partial charge in [0.2, 0.25) is 0 Å². The number of hydrogen-bond donors (Lipinski definition) is 0. The van der Waals surface area contributed by atoms with Gasteiger partial charge in [0.05, 0.1) is 10.6 Å². The van der Waals surface area contributed by atoms with Crippen molar-refractivity contribution in [3.8, 4) is 0 Å². The van der Waals surface area contributed by atoms with Crippen LogP contribution in [0.15, 0.2) is 18.2 Å². The molecule has 0 aromatic heterocycles. The van der Waals surface area contributed by atoms with E-state index in [4.69, 9.17) is 23.2 Å². The van der Waals surface area contributed by atoms with Gasteiger partial charge < -0.3 is 4.90 Å². The van der Waals surface area contributed by atoms with E-state index in [2.05, 4.69) is 0 Å². The van der Waals surface area contributed by atoms with Gasteiger partial charge in [-0.15, -0.1) is 11.6 Å². The summed E-state index contributed by atoms with van der Waals surface area (Å²) in [4.78, 5) is 13.6. The number of rotatable bonds is 5. The Morgan fingerprint density at radius 1 is 1.47 bits per heavy atom. The molecule has 0 aliphatic heterocycles. The molecular weight excluding hydrogens is 264 g/mol. The second kappa shape index (κ2) is 6.82. The van der Waals surface area contributed by atoms with Crippen LogP contribution in [0, 0.1) is 5.82 Å². The molecule has 0 fully saturated rings. The second-order valence-electron chi connectivity index (χ2n) is 3.53. The van der Waals surface area contributed by atoms with Gasteiger partial charge >= 0.3 is 0 Å². The number of amides is 1. The fraction of sp³-hybridized carbons (Fsp3) is 0.417. The smallest absolute Gasteiger partial charge is 0.256 e. The molecule has 2 nitrogen and oxygen atoms in total. The summed E-state index contributed by atoms with van der Waals surface area (Å²) in [6.07, 6.45) is 0.684. The van der Waals surface area contributed by atoms with Gasteiger partial charge in [0.15, 0.2) is 5.82 Å². The number of carbonyl (C=O) groups excluding carboxylic acids is 1. The minimum atomic E-state index is -0.663. The van der Waals surface area contributed by atoms with E-state index < -0.39 is 5.82 Å². The van der Waals surface area contributed by atoms with Crippen molar-refractivity contribution in [2.75, 3.05) is 19.0 Å². The maximum Gasteiger partial charge on any atom is 0.256 e. The summed E-state index contributed by atoms with van der Waals surface area (Å²) >= 11 is 11.2.